The predicted octanol–water partition coefficient (Wildman–Crippen LogP) is 1.87. The van der Waals surface area contributed by atoms with Gasteiger partial charge in [0.1, 0.15) is 0 Å². The number of nitrogens with two attached hydrogens (primary N) is 1. The maximum Gasteiger partial charge on any atom is 0.00879 e. The molecule has 0 bridgehead atoms. The van der Waals surface area contributed by atoms with Crippen molar-refractivity contribution in [2.45, 2.75) is 38.0 Å². The van der Waals surface area contributed by atoms with E-state index in [4.69, 9.17) is 5.73 Å². The van der Waals surface area contributed by atoms with Crippen molar-refractivity contribution in [3.63, 3.8) is 0 Å². The van der Waals surface area contributed by atoms with Crippen LogP contribution < -0.4 is 5.73 Å². The Bertz CT molecular complexity index is 103. The zero-order valence-corrected chi connectivity index (χ0v) is 7.66. The quantitative estimate of drug-likeness (QED) is 0.665. The molecule has 0 amide bonds. The van der Waals surface area contributed by atoms with Crippen LogP contribution in [0.5, 0.6) is 0 Å². The molecule has 0 saturated heterocycles. The summed E-state index contributed by atoms with van der Waals surface area (Å²) < 4.78 is 0. The summed E-state index contributed by atoms with van der Waals surface area (Å²) in [5, 5.41) is 0.847. The Hall–Kier alpha value is 0.310. The fraction of sp³-hybridized carbons (Fsp3) is 1.00. The van der Waals surface area contributed by atoms with Gasteiger partial charge in [-0.25, -0.2) is 0 Å². The molecule has 0 aliphatic heterocycles. The summed E-state index contributed by atoms with van der Waals surface area (Å²) in [6.07, 6.45) is 2.57. The molecule has 0 aromatic carbocycles. The van der Waals surface area contributed by atoms with Crippen molar-refractivity contribution < 1.29 is 0 Å². The van der Waals surface area contributed by atoms with Gasteiger partial charge in [0.2, 0.25) is 0 Å². The maximum atomic E-state index is 5.89. The van der Waals surface area contributed by atoms with Crippen LogP contribution in [-0.2, 0) is 0 Å². The largest absolute Gasteiger partial charge is 0.327 e. The fourth-order valence-corrected chi connectivity index (χ4v) is 2.84. The van der Waals surface area contributed by atoms with Crippen molar-refractivity contribution >= 4 is 11.8 Å². The summed E-state index contributed by atoms with van der Waals surface area (Å²) >= 11 is 2.07. The van der Waals surface area contributed by atoms with Gasteiger partial charge in [-0.2, -0.15) is 11.8 Å². The summed E-state index contributed by atoms with van der Waals surface area (Å²) in [4.78, 5) is 0. The number of thioether (sulfide) groups is 1. The van der Waals surface area contributed by atoms with Crippen LogP contribution >= 0.6 is 11.8 Å². The maximum absolute atomic E-state index is 5.89. The van der Waals surface area contributed by atoms with Gasteiger partial charge in [0.15, 0.2) is 0 Å². The molecule has 10 heavy (non-hydrogen) atoms. The topological polar surface area (TPSA) is 26.0 Å². The Morgan fingerprint density at radius 1 is 1.50 bits per heavy atom. The van der Waals surface area contributed by atoms with Gasteiger partial charge in [-0.3, -0.25) is 0 Å². The van der Waals surface area contributed by atoms with E-state index >= 15 is 0 Å². The van der Waals surface area contributed by atoms with E-state index in [-0.39, 0.29) is 0 Å². The monoisotopic (exact) mass is 159 g/mol. The Kier molecular flexibility index (Phi) is 3.05. The molecule has 0 heterocycles. The van der Waals surface area contributed by atoms with Crippen LogP contribution in [0, 0.1) is 5.92 Å². The Morgan fingerprint density at radius 2 is 2.20 bits per heavy atom. The van der Waals surface area contributed by atoms with Gasteiger partial charge >= 0.3 is 0 Å². The van der Waals surface area contributed by atoms with Crippen LogP contribution in [0.4, 0.5) is 0 Å². The standard InChI is InChI=1S/C8H17NS/c1-3-10-8-5-4-7(9)6(8)2/h6-8H,3-5,9H2,1-2H3. The van der Waals surface area contributed by atoms with E-state index in [1.165, 1.54) is 18.6 Å². The molecule has 1 rings (SSSR count). The van der Waals surface area contributed by atoms with E-state index in [1.807, 2.05) is 0 Å². The summed E-state index contributed by atoms with van der Waals surface area (Å²) in [5.41, 5.74) is 5.89. The molecule has 0 aromatic heterocycles. The Morgan fingerprint density at radius 3 is 2.60 bits per heavy atom. The fourth-order valence-electron chi connectivity index (χ4n) is 1.61. The van der Waals surface area contributed by atoms with Gasteiger partial charge in [-0.05, 0) is 24.5 Å². The first kappa shape index (κ1) is 8.41. The van der Waals surface area contributed by atoms with E-state index in [9.17, 15) is 0 Å². The molecule has 1 nitrogen and oxygen atoms in total. The minimum absolute atomic E-state index is 0.476. The molecule has 0 radical (unpaired) electrons. The van der Waals surface area contributed by atoms with E-state index in [0.29, 0.717) is 6.04 Å². The van der Waals surface area contributed by atoms with Crippen molar-refractivity contribution in [2.24, 2.45) is 11.7 Å². The second-order valence-corrected chi connectivity index (χ2v) is 4.61. The molecular formula is C8H17NS. The van der Waals surface area contributed by atoms with Crippen LogP contribution in [0.15, 0.2) is 0 Å². The van der Waals surface area contributed by atoms with Crippen LogP contribution in [0.3, 0.4) is 0 Å². The zero-order chi connectivity index (χ0) is 7.56. The number of hydrogen-bond acceptors (Lipinski definition) is 2. The lowest BCUT2D eigenvalue weighted by Crippen LogP contribution is -2.26. The normalized spacial score (nSPS) is 40.5. The molecule has 60 valence electrons. The van der Waals surface area contributed by atoms with Crippen molar-refractivity contribution in [3.05, 3.63) is 0 Å². The summed E-state index contributed by atoms with van der Waals surface area (Å²) in [7, 11) is 0. The van der Waals surface area contributed by atoms with Crippen LogP contribution in [0.25, 0.3) is 0 Å². The van der Waals surface area contributed by atoms with E-state index in [2.05, 4.69) is 25.6 Å². The first-order chi connectivity index (χ1) is 4.75. The van der Waals surface area contributed by atoms with E-state index in [1.54, 1.807) is 0 Å². The second kappa shape index (κ2) is 3.63. The highest BCUT2D eigenvalue weighted by Crippen LogP contribution is 2.33. The lowest BCUT2D eigenvalue weighted by molar-refractivity contribution is 0.535. The zero-order valence-electron chi connectivity index (χ0n) is 6.84. The predicted molar refractivity (Wildman–Crippen MR) is 48.3 cm³/mol. The first-order valence-electron chi connectivity index (χ1n) is 4.13. The minimum Gasteiger partial charge on any atom is -0.327 e. The summed E-state index contributed by atoms with van der Waals surface area (Å²) in [6.45, 7) is 4.51. The third kappa shape index (κ3) is 1.67. The van der Waals surface area contributed by atoms with Crippen molar-refractivity contribution in [2.75, 3.05) is 5.75 Å². The van der Waals surface area contributed by atoms with Crippen molar-refractivity contribution in [3.8, 4) is 0 Å². The highest BCUT2D eigenvalue weighted by atomic mass is 32.2. The molecule has 0 spiro atoms. The van der Waals surface area contributed by atoms with Gasteiger partial charge in [0.25, 0.3) is 0 Å². The molecule has 1 saturated carbocycles. The van der Waals surface area contributed by atoms with E-state index < -0.39 is 0 Å². The van der Waals surface area contributed by atoms with Gasteiger partial charge in [0, 0.05) is 11.3 Å². The number of rotatable bonds is 2. The van der Waals surface area contributed by atoms with Crippen LogP contribution in [-0.4, -0.2) is 17.0 Å². The highest BCUT2D eigenvalue weighted by molar-refractivity contribution is 7.99. The average molecular weight is 159 g/mol. The SMILES string of the molecule is CCSC1CCC(N)C1C. The molecular weight excluding hydrogens is 142 g/mol. The van der Waals surface area contributed by atoms with Crippen LogP contribution in [0.2, 0.25) is 0 Å². The van der Waals surface area contributed by atoms with Gasteiger partial charge in [-0.1, -0.05) is 13.8 Å². The molecule has 2 heteroatoms. The molecule has 2 N–H and O–H groups in total. The van der Waals surface area contributed by atoms with Crippen molar-refractivity contribution in [1.82, 2.24) is 0 Å². The first-order valence-corrected chi connectivity index (χ1v) is 5.17. The van der Waals surface area contributed by atoms with Gasteiger partial charge in [0.05, 0.1) is 0 Å². The summed E-state index contributed by atoms with van der Waals surface area (Å²) in [6, 6.07) is 0.476. The molecule has 1 fully saturated rings. The second-order valence-electron chi connectivity index (χ2n) is 3.09. The minimum atomic E-state index is 0.476. The third-order valence-electron chi connectivity index (χ3n) is 2.43. The highest BCUT2D eigenvalue weighted by Gasteiger charge is 2.29. The molecule has 1 aliphatic rings. The lowest BCUT2D eigenvalue weighted by Gasteiger charge is -2.16. The lowest BCUT2D eigenvalue weighted by atomic mass is 10.1. The third-order valence-corrected chi connectivity index (χ3v) is 3.85. The number of hydrogen-bond donors (Lipinski definition) is 1. The van der Waals surface area contributed by atoms with Gasteiger partial charge in [-0.15, -0.1) is 0 Å². The van der Waals surface area contributed by atoms with Gasteiger partial charge < -0.3 is 5.73 Å². The van der Waals surface area contributed by atoms with E-state index in [0.717, 1.165) is 11.2 Å². The Labute approximate surface area is 67.8 Å². The smallest absolute Gasteiger partial charge is 0.00879 e. The average Bonchev–Trinajstić information content (AvgIpc) is 2.20. The molecule has 1 aliphatic carbocycles. The molecule has 0 aromatic rings. The van der Waals surface area contributed by atoms with Crippen molar-refractivity contribution in [1.29, 1.82) is 0 Å². The summed E-state index contributed by atoms with van der Waals surface area (Å²) in [5.74, 6) is 1.98. The van der Waals surface area contributed by atoms with Crippen LogP contribution in [0.1, 0.15) is 26.7 Å². The molecule has 3 unspecified atom stereocenters. The Balaban J connectivity index is 2.33. The molecule has 3 atom stereocenters.